The third kappa shape index (κ3) is 5.52. The van der Waals surface area contributed by atoms with Crippen molar-refractivity contribution in [2.75, 3.05) is 46.9 Å². The van der Waals surface area contributed by atoms with Crippen LogP contribution in [0.5, 0.6) is 0 Å². The Balaban J connectivity index is 1.49. The van der Waals surface area contributed by atoms with Gasteiger partial charge in [0, 0.05) is 38.7 Å². The van der Waals surface area contributed by atoms with Gasteiger partial charge in [-0.3, -0.25) is 0 Å². The van der Waals surface area contributed by atoms with Crippen molar-refractivity contribution in [1.29, 1.82) is 0 Å². The molecular formula is C31H39FN4O3S. The number of fused-ring (bicyclic) bond motifs is 2. The maximum Gasteiger partial charge on any atom is 0.243 e. The number of piperidine rings is 1. The first-order valence-electron chi connectivity index (χ1n) is 13.8. The van der Waals surface area contributed by atoms with Gasteiger partial charge in [0.1, 0.15) is 5.82 Å². The lowest BCUT2D eigenvalue weighted by molar-refractivity contribution is 0.113. The Morgan fingerprint density at radius 2 is 1.80 bits per heavy atom. The molecule has 40 heavy (non-hydrogen) atoms. The molecule has 1 aromatic heterocycles. The second kappa shape index (κ2) is 10.9. The third-order valence-corrected chi connectivity index (χ3v) is 10.1. The fourth-order valence-electron chi connectivity index (χ4n) is 5.95. The summed E-state index contributed by atoms with van der Waals surface area (Å²) >= 11 is 0. The topological polar surface area (TPSA) is 67.7 Å². The molecule has 0 N–H and O–H groups in total. The molecule has 1 unspecified atom stereocenters. The monoisotopic (exact) mass is 566 g/mol. The minimum absolute atomic E-state index is 0.0535. The van der Waals surface area contributed by atoms with E-state index in [1.165, 1.54) is 17.7 Å². The second-order valence-corrected chi connectivity index (χ2v) is 14.1. The fraction of sp³-hybridized carbons (Fsp3) is 0.452. The number of aromatic nitrogens is 2. The van der Waals surface area contributed by atoms with Crippen LogP contribution in [0.25, 0.3) is 11.8 Å². The summed E-state index contributed by atoms with van der Waals surface area (Å²) in [4.78, 5) is 2.55. The van der Waals surface area contributed by atoms with E-state index in [1.54, 1.807) is 35.7 Å². The van der Waals surface area contributed by atoms with Crippen molar-refractivity contribution in [2.45, 2.75) is 43.9 Å². The highest BCUT2D eigenvalue weighted by Gasteiger charge is 2.46. The molecule has 2 heterocycles. The van der Waals surface area contributed by atoms with E-state index >= 15 is 0 Å². The highest BCUT2D eigenvalue weighted by Crippen LogP contribution is 2.46. The standard InChI is InChI=1S/C31H39FN4O3S/c1-30(2,3)24-6-12-28(13-7-24)40(37,38)35-15-14-25-18-29-23(19-31(25,22-35)21-34(4)16-17-39-5)20-33-36(29)27-10-8-26(32)9-11-27/h6-13,18,20H,14-17,19,21-22H2,1-5H3. The summed E-state index contributed by atoms with van der Waals surface area (Å²) < 4.78 is 50.2. The number of rotatable bonds is 8. The van der Waals surface area contributed by atoms with Crippen LogP contribution in [0.4, 0.5) is 4.39 Å². The van der Waals surface area contributed by atoms with Crippen molar-refractivity contribution in [1.82, 2.24) is 19.0 Å². The highest BCUT2D eigenvalue weighted by atomic mass is 32.2. The van der Waals surface area contributed by atoms with E-state index in [0.717, 1.165) is 29.1 Å². The molecule has 0 spiro atoms. The van der Waals surface area contributed by atoms with Crippen LogP contribution in [0.1, 0.15) is 44.0 Å². The SMILES string of the molecule is COCCN(C)CC12Cc3cnn(-c4ccc(F)cc4)c3C=C1CCN(S(=O)(=O)c1ccc(C(C)(C)C)cc1)C2. The van der Waals surface area contributed by atoms with Gasteiger partial charge < -0.3 is 9.64 Å². The van der Waals surface area contributed by atoms with Gasteiger partial charge in [-0.05, 0) is 78.9 Å². The smallest absolute Gasteiger partial charge is 0.243 e. The molecular weight excluding hydrogens is 527 g/mol. The number of nitrogens with zero attached hydrogens (tertiary/aromatic N) is 4. The summed E-state index contributed by atoms with van der Waals surface area (Å²) in [5, 5.41) is 4.64. The predicted molar refractivity (Wildman–Crippen MR) is 156 cm³/mol. The average molecular weight is 567 g/mol. The quantitative estimate of drug-likeness (QED) is 0.388. The molecule has 2 aromatic carbocycles. The van der Waals surface area contributed by atoms with E-state index in [4.69, 9.17) is 4.74 Å². The maximum atomic E-state index is 13.9. The molecule has 0 bridgehead atoms. The number of methoxy groups -OCH3 is 1. The molecule has 1 fully saturated rings. The molecule has 1 atom stereocenters. The number of hydrogen-bond acceptors (Lipinski definition) is 5. The van der Waals surface area contributed by atoms with Crippen LogP contribution in [-0.2, 0) is 26.6 Å². The van der Waals surface area contributed by atoms with E-state index in [0.29, 0.717) is 44.0 Å². The van der Waals surface area contributed by atoms with Gasteiger partial charge in [0.25, 0.3) is 0 Å². The number of benzene rings is 2. The van der Waals surface area contributed by atoms with Crippen LogP contribution < -0.4 is 0 Å². The van der Waals surface area contributed by atoms with Crippen LogP contribution in [0.15, 0.2) is 65.2 Å². The first-order chi connectivity index (χ1) is 18.9. The summed E-state index contributed by atoms with van der Waals surface area (Å²) in [6.07, 6.45) is 5.34. The molecule has 5 rings (SSSR count). The van der Waals surface area contributed by atoms with Gasteiger partial charge in [0.05, 0.1) is 29.1 Å². The van der Waals surface area contributed by atoms with Gasteiger partial charge in [-0.1, -0.05) is 38.5 Å². The second-order valence-electron chi connectivity index (χ2n) is 12.2. The highest BCUT2D eigenvalue weighted by molar-refractivity contribution is 7.89. The number of hydrogen-bond donors (Lipinski definition) is 0. The van der Waals surface area contributed by atoms with Gasteiger partial charge in [0.15, 0.2) is 0 Å². The summed E-state index contributed by atoms with van der Waals surface area (Å²) in [6.45, 7) is 9.20. The van der Waals surface area contributed by atoms with Crippen molar-refractivity contribution < 1.29 is 17.5 Å². The van der Waals surface area contributed by atoms with Crippen LogP contribution in [0, 0.1) is 11.2 Å². The molecule has 9 heteroatoms. The van der Waals surface area contributed by atoms with Gasteiger partial charge in [0.2, 0.25) is 10.0 Å². The van der Waals surface area contributed by atoms with Gasteiger partial charge in [-0.2, -0.15) is 9.40 Å². The zero-order valence-electron chi connectivity index (χ0n) is 24.0. The largest absolute Gasteiger partial charge is 0.383 e. The summed E-state index contributed by atoms with van der Waals surface area (Å²) in [5.74, 6) is -0.289. The van der Waals surface area contributed by atoms with Crippen molar-refractivity contribution in [2.24, 2.45) is 5.41 Å². The number of ether oxygens (including phenoxy) is 1. The van der Waals surface area contributed by atoms with Gasteiger partial charge >= 0.3 is 0 Å². The van der Waals surface area contributed by atoms with Crippen molar-refractivity contribution in [3.8, 4) is 5.69 Å². The maximum absolute atomic E-state index is 13.9. The Bertz CT molecular complexity index is 1490. The Hall–Kier alpha value is -2.85. The van der Waals surface area contributed by atoms with E-state index in [1.807, 2.05) is 23.0 Å². The Labute approximate surface area is 237 Å². The van der Waals surface area contributed by atoms with Crippen LogP contribution >= 0.6 is 0 Å². The number of halogens is 1. The molecule has 0 radical (unpaired) electrons. The van der Waals surface area contributed by atoms with Crippen LogP contribution in [0.3, 0.4) is 0 Å². The minimum Gasteiger partial charge on any atom is -0.383 e. The first kappa shape index (κ1) is 28.7. The molecule has 3 aromatic rings. The summed E-state index contributed by atoms with van der Waals surface area (Å²) in [7, 11) is 0.0672. The lowest BCUT2D eigenvalue weighted by Gasteiger charge is -2.47. The normalized spacial score (nSPS) is 19.8. The lowest BCUT2D eigenvalue weighted by atomic mass is 9.68. The minimum atomic E-state index is -3.68. The summed E-state index contributed by atoms with van der Waals surface area (Å²) in [5.41, 5.74) is 4.70. The predicted octanol–water partition coefficient (Wildman–Crippen LogP) is 4.91. The van der Waals surface area contributed by atoms with E-state index in [-0.39, 0.29) is 11.2 Å². The van der Waals surface area contributed by atoms with Gasteiger partial charge in [-0.15, -0.1) is 0 Å². The van der Waals surface area contributed by atoms with Crippen molar-refractivity contribution >= 4 is 16.1 Å². The molecule has 1 aliphatic heterocycles. The molecule has 7 nitrogen and oxygen atoms in total. The molecule has 1 saturated heterocycles. The zero-order chi connectivity index (χ0) is 28.7. The van der Waals surface area contributed by atoms with E-state index < -0.39 is 15.4 Å². The third-order valence-electron chi connectivity index (χ3n) is 8.20. The number of likely N-dealkylation sites (N-methyl/N-ethyl adjacent to an activating group) is 1. The molecule has 2 aliphatic rings. The average Bonchev–Trinajstić information content (AvgIpc) is 3.32. The van der Waals surface area contributed by atoms with E-state index in [2.05, 4.69) is 43.9 Å². The Kier molecular flexibility index (Phi) is 7.78. The van der Waals surface area contributed by atoms with Crippen molar-refractivity contribution in [3.05, 3.63) is 82.9 Å². The lowest BCUT2D eigenvalue weighted by Crippen LogP contribution is -2.53. The van der Waals surface area contributed by atoms with Crippen molar-refractivity contribution in [3.63, 3.8) is 0 Å². The van der Waals surface area contributed by atoms with Crippen LogP contribution in [-0.4, -0.2) is 74.3 Å². The summed E-state index contributed by atoms with van der Waals surface area (Å²) in [6, 6.07) is 13.6. The molecule has 214 valence electrons. The molecule has 0 amide bonds. The van der Waals surface area contributed by atoms with Gasteiger partial charge in [-0.25, -0.2) is 17.5 Å². The number of sulfonamides is 1. The first-order valence-corrected chi connectivity index (χ1v) is 15.2. The molecule has 0 saturated carbocycles. The fourth-order valence-corrected chi connectivity index (χ4v) is 7.48. The van der Waals surface area contributed by atoms with Crippen LogP contribution in [0.2, 0.25) is 0 Å². The molecule has 1 aliphatic carbocycles. The zero-order valence-corrected chi connectivity index (χ0v) is 24.8. The van der Waals surface area contributed by atoms with E-state index in [9.17, 15) is 12.8 Å². The Morgan fingerprint density at radius 3 is 2.45 bits per heavy atom. The Morgan fingerprint density at radius 1 is 1.10 bits per heavy atom.